The molecular formula is C15H23N3O. The van der Waals surface area contributed by atoms with E-state index in [4.69, 9.17) is 5.73 Å². The summed E-state index contributed by atoms with van der Waals surface area (Å²) < 4.78 is 0. The predicted octanol–water partition coefficient (Wildman–Crippen LogP) is 2.34. The van der Waals surface area contributed by atoms with Crippen LogP contribution in [0.5, 0.6) is 0 Å². The van der Waals surface area contributed by atoms with Gasteiger partial charge in [0.1, 0.15) is 0 Å². The van der Waals surface area contributed by atoms with Crippen molar-refractivity contribution in [2.24, 2.45) is 11.1 Å². The second kappa shape index (κ2) is 6.15. The second-order valence-electron chi connectivity index (χ2n) is 5.30. The van der Waals surface area contributed by atoms with Gasteiger partial charge in [0.25, 0.3) is 0 Å². The summed E-state index contributed by atoms with van der Waals surface area (Å²) in [6, 6.07) is 3.77. The Morgan fingerprint density at radius 3 is 2.47 bits per heavy atom. The highest BCUT2D eigenvalue weighted by Crippen LogP contribution is 2.38. The lowest BCUT2D eigenvalue weighted by atomic mass is 9.73. The molecule has 0 saturated heterocycles. The number of hydrogen-bond donors (Lipinski definition) is 1. The van der Waals surface area contributed by atoms with Crippen LogP contribution in [0.2, 0.25) is 0 Å². The Morgan fingerprint density at radius 1 is 1.32 bits per heavy atom. The third kappa shape index (κ3) is 2.78. The molecule has 4 heteroatoms. The molecule has 0 radical (unpaired) electrons. The summed E-state index contributed by atoms with van der Waals surface area (Å²) >= 11 is 0. The van der Waals surface area contributed by atoms with Crippen LogP contribution >= 0.6 is 0 Å². The van der Waals surface area contributed by atoms with Crippen molar-refractivity contribution in [3.8, 4) is 0 Å². The van der Waals surface area contributed by atoms with Crippen LogP contribution < -0.4 is 10.6 Å². The number of nitrogens with two attached hydrogens (primary N) is 1. The van der Waals surface area contributed by atoms with Crippen LogP contribution in [0.1, 0.15) is 39.0 Å². The van der Waals surface area contributed by atoms with Crippen LogP contribution in [-0.2, 0) is 4.79 Å². The topological polar surface area (TPSA) is 59.2 Å². The molecule has 1 fully saturated rings. The van der Waals surface area contributed by atoms with E-state index in [1.165, 1.54) is 6.42 Å². The summed E-state index contributed by atoms with van der Waals surface area (Å²) in [4.78, 5) is 18.8. The molecule has 1 aliphatic rings. The van der Waals surface area contributed by atoms with Crippen LogP contribution in [0, 0.1) is 5.41 Å². The molecule has 104 valence electrons. The van der Waals surface area contributed by atoms with Crippen molar-refractivity contribution in [1.82, 2.24) is 4.98 Å². The normalized spacial score (nSPS) is 18.0. The van der Waals surface area contributed by atoms with E-state index in [1.807, 2.05) is 24.0 Å². The number of carbonyl (C=O) groups is 1. The lowest BCUT2D eigenvalue weighted by Gasteiger charge is -2.38. The van der Waals surface area contributed by atoms with Crippen molar-refractivity contribution in [2.75, 3.05) is 18.0 Å². The first-order valence-corrected chi connectivity index (χ1v) is 7.15. The lowest BCUT2D eigenvalue weighted by Crippen LogP contribution is -2.49. The Bertz CT molecular complexity index is 413. The predicted molar refractivity (Wildman–Crippen MR) is 76.8 cm³/mol. The monoisotopic (exact) mass is 261 g/mol. The van der Waals surface area contributed by atoms with Crippen molar-refractivity contribution in [3.05, 3.63) is 24.5 Å². The lowest BCUT2D eigenvalue weighted by molar-refractivity contribution is -0.129. The Balaban J connectivity index is 2.24. The minimum absolute atomic E-state index is 0.184. The molecule has 0 spiro atoms. The maximum Gasteiger partial charge on any atom is 0.234 e. The molecule has 0 atom stereocenters. The maximum atomic E-state index is 12.9. The first-order valence-electron chi connectivity index (χ1n) is 7.15. The van der Waals surface area contributed by atoms with Crippen molar-refractivity contribution in [3.63, 3.8) is 0 Å². The van der Waals surface area contributed by atoms with Gasteiger partial charge in [0.15, 0.2) is 0 Å². The van der Waals surface area contributed by atoms with E-state index in [-0.39, 0.29) is 11.3 Å². The quantitative estimate of drug-likeness (QED) is 0.905. The van der Waals surface area contributed by atoms with Gasteiger partial charge in [-0.15, -0.1) is 0 Å². The van der Waals surface area contributed by atoms with Gasteiger partial charge in [-0.25, -0.2) is 0 Å². The summed E-state index contributed by atoms with van der Waals surface area (Å²) in [6.07, 6.45) is 8.72. The average Bonchev–Trinajstić information content (AvgIpc) is 2.49. The minimum Gasteiger partial charge on any atom is -0.329 e. The number of amides is 1. The number of nitrogens with zero attached hydrogens (tertiary/aromatic N) is 2. The molecule has 2 N–H and O–H groups in total. The third-order valence-electron chi connectivity index (χ3n) is 4.19. The molecule has 1 aromatic heterocycles. The van der Waals surface area contributed by atoms with Crippen LogP contribution in [0.25, 0.3) is 0 Å². The first kappa shape index (κ1) is 14.0. The Hall–Kier alpha value is -1.42. The Labute approximate surface area is 115 Å². The van der Waals surface area contributed by atoms with E-state index in [0.29, 0.717) is 13.1 Å². The SMILES string of the molecule is CCN(C(=O)C1(CN)CCCCC1)c1ccncc1. The molecule has 0 aliphatic heterocycles. The number of pyridine rings is 1. The smallest absolute Gasteiger partial charge is 0.234 e. The van der Waals surface area contributed by atoms with E-state index in [1.54, 1.807) is 12.4 Å². The number of carbonyl (C=O) groups excluding carboxylic acids is 1. The number of rotatable bonds is 4. The molecule has 0 unspecified atom stereocenters. The summed E-state index contributed by atoms with van der Waals surface area (Å²) in [7, 11) is 0. The molecular weight excluding hydrogens is 238 g/mol. The highest BCUT2D eigenvalue weighted by molar-refractivity contribution is 5.97. The summed E-state index contributed by atoms with van der Waals surface area (Å²) in [5.41, 5.74) is 6.52. The third-order valence-corrected chi connectivity index (χ3v) is 4.19. The molecule has 1 amide bonds. The average molecular weight is 261 g/mol. The van der Waals surface area contributed by atoms with Gasteiger partial charge >= 0.3 is 0 Å². The molecule has 4 nitrogen and oxygen atoms in total. The molecule has 1 saturated carbocycles. The molecule has 0 aromatic carbocycles. The van der Waals surface area contributed by atoms with Gasteiger partial charge in [-0.3, -0.25) is 9.78 Å². The van der Waals surface area contributed by atoms with E-state index < -0.39 is 0 Å². The van der Waals surface area contributed by atoms with Crippen LogP contribution in [-0.4, -0.2) is 24.0 Å². The molecule has 2 rings (SSSR count). The molecule has 1 aliphatic carbocycles. The van der Waals surface area contributed by atoms with Crippen LogP contribution in [0.3, 0.4) is 0 Å². The van der Waals surface area contributed by atoms with Gasteiger partial charge < -0.3 is 10.6 Å². The zero-order chi connectivity index (χ0) is 13.7. The molecule has 19 heavy (non-hydrogen) atoms. The molecule has 0 bridgehead atoms. The summed E-state index contributed by atoms with van der Waals surface area (Å²) in [5, 5.41) is 0. The highest BCUT2D eigenvalue weighted by atomic mass is 16.2. The molecule has 1 heterocycles. The van der Waals surface area contributed by atoms with Crippen molar-refractivity contribution in [2.45, 2.75) is 39.0 Å². The fourth-order valence-corrected chi connectivity index (χ4v) is 2.99. The van der Waals surface area contributed by atoms with Crippen molar-refractivity contribution < 1.29 is 4.79 Å². The van der Waals surface area contributed by atoms with Gasteiger partial charge in [0.2, 0.25) is 5.91 Å². The fourth-order valence-electron chi connectivity index (χ4n) is 2.99. The van der Waals surface area contributed by atoms with Gasteiger partial charge in [0.05, 0.1) is 5.41 Å². The zero-order valence-electron chi connectivity index (χ0n) is 11.6. The van der Waals surface area contributed by atoms with Crippen LogP contribution in [0.15, 0.2) is 24.5 Å². The Kier molecular flexibility index (Phi) is 4.53. The summed E-state index contributed by atoms with van der Waals surface area (Å²) in [5.74, 6) is 0.184. The highest BCUT2D eigenvalue weighted by Gasteiger charge is 2.40. The van der Waals surface area contributed by atoms with Gasteiger partial charge in [-0.1, -0.05) is 19.3 Å². The number of anilines is 1. The largest absolute Gasteiger partial charge is 0.329 e. The van der Waals surface area contributed by atoms with Crippen molar-refractivity contribution in [1.29, 1.82) is 0 Å². The van der Waals surface area contributed by atoms with Gasteiger partial charge in [-0.2, -0.15) is 0 Å². The van der Waals surface area contributed by atoms with Gasteiger partial charge in [-0.05, 0) is 31.9 Å². The molecule has 1 aromatic rings. The standard InChI is InChI=1S/C15H23N3O/c1-2-18(13-6-10-17-11-7-13)14(19)15(12-16)8-4-3-5-9-15/h6-7,10-11H,2-5,8-9,12,16H2,1H3. The van der Waals surface area contributed by atoms with E-state index in [9.17, 15) is 4.79 Å². The van der Waals surface area contributed by atoms with E-state index in [0.717, 1.165) is 31.4 Å². The second-order valence-corrected chi connectivity index (χ2v) is 5.30. The zero-order valence-corrected chi connectivity index (χ0v) is 11.6. The van der Waals surface area contributed by atoms with Gasteiger partial charge in [0, 0.05) is 31.2 Å². The van der Waals surface area contributed by atoms with E-state index in [2.05, 4.69) is 4.98 Å². The fraction of sp³-hybridized carbons (Fsp3) is 0.600. The Morgan fingerprint density at radius 2 is 1.95 bits per heavy atom. The van der Waals surface area contributed by atoms with Crippen LogP contribution in [0.4, 0.5) is 5.69 Å². The number of aromatic nitrogens is 1. The van der Waals surface area contributed by atoms with E-state index >= 15 is 0 Å². The number of hydrogen-bond acceptors (Lipinski definition) is 3. The minimum atomic E-state index is -0.350. The first-order chi connectivity index (χ1) is 9.23. The van der Waals surface area contributed by atoms with Crippen molar-refractivity contribution >= 4 is 11.6 Å². The summed E-state index contributed by atoms with van der Waals surface area (Å²) in [6.45, 7) is 3.13. The maximum absolute atomic E-state index is 12.9.